The van der Waals surface area contributed by atoms with Gasteiger partial charge >= 0.3 is 0 Å². The van der Waals surface area contributed by atoms with Crippen LogP contribution in [0.15, 0.2) is 93.5 Å². The third kappa shape index (κ3) is 4.25. The Balaban J connectivity index is 0.00000137. The van der Waals surface area contributed by atoms with E-state index in [-0.39, 0.29) is 5.84 Å². The van der Waals surface area contributed by atoms with Crippen LogP contribution in [0.1, 0.15) is 44.2 Å². The molecule has 0 aromatic heterocycles. The Morgan fingerprint density at radius 1 is 1.14 bits per heavy atom. The zero-order valence-electron chi connectivity index (χ0n) is 21.1. The topological polar surface area (TPSA) is 144 Å². The molecule has 0 radical (unpaired) electrons. The van der Waals surface area contributed by atoms with Gasteiger partial charge in [-0.2, -0.15) is 0 Å². The molecular weight excluding hydrogens is 464 g/mol. The molecule has 37 heavy (non-hydrogen) atoms. The van der Waals surface area contributed by atoms with Gasteiger partial charge < -0.3 is 21.4 Å². The average Bonchev–Trinajstić information content (AvgIpc) is 3.48. The first-order valence-electron chi connectivity index (χ1n) is 12.6. The van der Waals surface area contributed by atoms with Crippen molar-refractivity contribution in [2.75, 3.05) is 10.2 Å². The first-order chi connectivity index (χ1) is 18.0. The van der Waals surface area contributed by atoms with Gasteiger partial charge in [0, 0.05) is 18.0 Å². The van der Waals surface area contributed by atoms with E-state index in [1.807, 2.05) is 56.3 Å². The van der Waals surface area contributed by atoms with Crippen molar-refractivity contribution in [3.8, 4) is 0 Å². The van der Waals surface area contributed by atoms with E-state index in [0.29, 0.717) is 23.1 Å². The van der Waals surface area contributed by atoms with Crippen LogP contribution < -0.4 is 27.2 Å². The molecule has 2 aromatic rings. The number of amidine groups is 1. The molecule has 0 bridgehead atoms. The summed E-state index contributed by atoms with van der Waals surface area (Å²) < 4.78 is 0. The molecule has 1 aliphatic carbocycles. The van der Waals surface area contributed by atoms with Crippen LogP contribution in [0.4, 0.5) is 17.1 Å². The van der Waals surface area contributed by atoms with E-state index in [1.54, 1.807) is 5.01 Å². The molecule has 3 heterocycles. The molecule has 0 saturated heterocycles. The van der Waals surface area contributed by atoms with Gasteiger partial charge in [0.05, 0.1) is 34.2 Å². The van der Waals surface area contributed by atoms with Crippen LogP contribution >= 0.6 is 0 Å². The van der Waals surface area contributed by atoms with Crippen molar-refractivity contribution in [3.63, 3.8) is 0 Å². The number of hydrogen-bond donors (Lipinski definition) is 5. The predicted molar refractivity (Wildman–Crippen MR) is 148 cm³/mol. The summed E-state index contributed by atoms with van der Waals surface area (Å²) in [5.74, 6) is 13.2. The second-order valence-electron chi connectivity index (χ2n) is 8.98. The minimum absolute atomic E-state index is 0.0126. The van der Waals surface area contributed by atoms with E-state index in [2.05, 4.69) is 38.5 Å². The fraction of sp³-hybridized carbons (Fsp3) is 0.259. The Morgan fingerprint density at radius 2 is 1.92 bits per heavy atom. The van der Waals surface area contributed by atoms with Crippen LogP contribution in [0, 0.1) is 5.41 Å². The summed E-state index contributed by atoms with van der Waals surface area (Å²) in [5.41, 5.74) is 7.23. The normalized spacial score (nSPS) is 20.2. The van der Waals surface area contributed by atoms with Crippen molar-refractivity contribution in [1.82, 2.24) is 10.3 Å². The number of rotatable bonds is 3. The van der Waals surface area contributed by atoms with E-state index in [4.69, 9.17) is 22.1 Å². The molecule has 2 aromatic carbocycles. The molecule has 1 saturated carbocycles. The summed E-state index contributed by atoms with van der Waals surface area (Å²) in [5, 5.41) is 23.7. The molecule has 0 atom stereocenters. The zero-order chi connectivity index (χ0) is 26.1. The van der Waals surface area contributed by atoms with E-state index in [1.165, 1.54) is 12.0 Å². The van der Waals surface area contributed by atoms with Crippen molar-refractivity contribution in [3.05, 3.63) is 89.3 Å². The van der Waals surface area contributed by atoms with Gasteiger partial charge in [0.2, 0.25) is 0 Å². The highest BCUT2D eigenvalue weighted by atomic mass is 15.5. The van der Waals surface area contributed by atoms with Crippen LogP contribution in [-0.2, 0) is 6.42 Å². The Kier molecular flexibility index (Phi) is 6.49. The summed E-state index contributed by atoms with van der Waals surface area (Å²) in [7, 11) is 0. The Morgan fingerprint density at radius 3 is 2.62 bits per heavy atom. The lowest BCUT2D eigenvalue weighted by Gasteiger charge is -2.39. The summed E-state index contributed by atoms with van der Waals surface area (Å²) in [6.45, 7) is 8.18. The number of fused-ring (bicyclic) bond motifs is 2. The van der Waals surface area contributed by atoms with Crippen molar-refractivity contribution >= 4 is 28.6 Å². The van der Waals surface area contributed by atoms with Gasteiger partial charge in [-0.05, 0) is 55.2 Å². The van der Waals surface area contributed by atoms with Gasteiger partial charge in [-0.3, -0.25) is 15.4 Å². The fourth-order valence-electron chi connectivity index (χ4n) is 4.83. The maximum absolute atomic E-state index is 8.14. The monoisotopic (exact) mass is 496 g/mol. The van der Waals surface area contributed by atoms with Gasteiger partial charge in [0.1, 0.15) is 0 Å². The number of hydrazine groups is 1. The molecule has 0 amide bonds. The average molecular weight is 497 g/mol. The summed E-state index contributed by atoms with van der Waals surface area (Å²) in [6.07, 6.45) is 5.98. The molecule has 0 unspecified atom stereocenters. The van der Waals surface area contributed by atoms with E-state index in [9.17, 15) is 0 Å². The van der Waals surface area contributed by atoms with Crippen LogP contribution in [0.5, 0.6) is 0 Å². The standard InChI is InChI=1S/C25H26N10.C2H6/c1-14-11-20(21-12-15-5-2-3-8-18(15)29-21)31-25(35(14)28)24-30-19-10-9-16(23(26)32-33-27)13-22(19)34(24)17-6-4-7-17;1-2/h2-3,5,8-11,13,17,30-31H,1,4,6-7,12,28H2,(H3,26,27,32);1-2H3/b25-24+;. The number of allylic oxidation sites excluding steroid dienone is 2. The second kappa shape index (κ2) is 9.90. The first kappa shape index (κ1) is 24.3. The molecule has 4 aliphatic rings. The number of aliphatic imine (C=N–C) groups is 1. The molecular formula is C27H32N10. The van der Waals surface area contributed by atoms with Crippen molar-refractivity contribution in [1.29, 1.82) is 5.41 Å². The predicted octanol–water partition coefficient (Wildman–Crippen LogP) is 4.78. The number of nitrogens with zero attached hydrogens (tertiary/aromatic N) is 5. The SMILES string of the molecule is C=C1C=C(C2=Nc3ccccc3C2)N/C(=C2/Nc3ccc(C(=N)N=NN)cc3N2C2CCC2)N1N.CC. The lowest BCUT2D eigenvalue weighted by Crippen LogP contribution is -2.47. The highest BCUT2D eigenvalue weighted by Gasteiger charge is 2.38. The number of nitrogens with one attached hydrogen (secondary N) is 3. The van der Waals surface area contributed by atoms with E-state index in [0.717, 1.165) is 53.6 Å². The first-order valence-corrected chi connectivity index (χ1v) is 12.6. The fourth-order valence-corrected chi connectivity index (χ4v) is 4.83. The maximum Gasteiger partial charge on any atom is 0.176 e. The second-order valence-corrected chi connectivity index (χ2v) is 8.98. The molecule has 10 nitrogen and oxygen atoms in total. The quantitative estimate of drug-likeness (QED) is 0.136. The van der Waals surface area contributed by atoms with Crippen molar-refractivity contribution in [2.24, 2.45) is 27.0 Å². The lowest BCUT2D eigenvalue weighted by molar-refractivity contribution is 0.386. The third-order valence-corrected chi connectivity index (χ3v) is 6.88. The van der Waals surface area contributed by atoms with Crippen LogP contribution in [-0.4, -0.2) is 22.6 Å². The Bertz CT molecular complexity index is 1380. The lowest BCUT2D eigenvalue weighted by atomic mass is 9.91. The maximum atomic E-state index is 8.14. The third-order valence-electron chi connectivity index (χ3n) is 6.88. The molecule has 7 N–H and O–H groups in total. The smallest absolute Gasteiger partial charge is 0.176 e. The van der Waals surface area contributed by atoms with Gasteiger partial charge in [0.15, 0.2) is 17.5 Å². The van der Waals surface area contributed by atoms with Gasteiger partial charge in [-0.25, -0.2) is 5.84 Å². The van der Waals surface area contributed by atoms with Crippen molar-refractivity contribution < 1.29 is 0 Å². The molecule has 10 heteroatoms. The van der Waals surface area contributed by atoms with Gasteiger partial charge in [0.25, 0.3) is 0 Å². The number of para-hydroxylation sites is 1. The van der Waals surface area contributed by atoms with E-state index < -0.39 is 0 Å². The van der Waals surface area contributed by atoms with Crippen LogP contribution in [0.25, 0.3) is 0 Å². The van der Waals surface area contributed by atoms with E-state index >= 15 is 0 Å². The van der Waals surface area contributed by atoms with Crippen LogP contribution in [0.2, 0.25) is 0 Å². The molecule has 0 spiro atoms. The molecule has 190 valence electrons. The summed E-state index contributed by atoms with van der Waals surface area (Å²) in [4.78, 5) is 7.10. The number of hydrogen-bond acceptors (Lipinski definition) is 8. The van der Waals surface area contributed by atoms with Crippen LogP contribution in [0.3, 0.4) is 0 Å². The Labute approximate surface area is 216 Å². The molecule has 3 aliphatic heterocycles. The highest BCUT2D eigenvalue weighted by Crippen LogP contribution is 2.44. The molecule has 6 rings (SSSR count). The number of nitrogens with two attached hydrogens (primary N) is 2. The molecule has 1 fully saturated rings. The van der Waals surface area contributed by atoms with Gasteiger partial charge in [-0.1, -0.05) is 43.8 Å². The summed E-state index contributed by atoms with van der Waals surface area (Å²) >= 11 is 0. The highest BCUT2D eigenvalue weighted by molar-refractivity contribution is 6.06. The minimum atomic E-state index is 0.0126. The van der Waals surface area contributed by atoms with Gasteiger partial charge in [-0.15, -0.1) is 5.11 Å². The minimum Gasteiger partial charge on any atom is -0.337 e. The largest absolute Gasteiger partial charge is 0.337 e. The Hall–Kier alpha value is -4.44. The van der Waals surface area contributed by atoms with Crippen molar-refractivity contribution in [2.45, 2.75) is 45.6 Å². The summed E-state index contributed by atoms with van der Waals surface area (Å²) in [6, 6.07) is 14.2. The number of anilines is 2. The number of benzene rings is 2. The zero-order valence-corrected chi connectivity index (χ0v) is 21.1.